The normalized spacial score (nSPS) is 10.9. The van der Waals surface area contributed by atoms with Crippen molar-refractivity contribution in [2.24, 2.45) is 0 Å². The first-order valence-corrected chi connectivity index (χ1v) is 11.8. The minimum atomic E-state index is -0.588. The molecule has 0 aliphatic heterocycles. The first kappa shape index (κ1) is 25.6. The second-order valence-electron chi connectivity index (χ2n) is 8.78. The van der Waals surface area contributed by atoms with Gasteiger partial charge in [0.15, 0.2) is 5.78 Å². The Morgan fingerprint density at radius 1 is 1.00 bits per heavy atom. The van der Waals surface area contributed by atoms with Gasteiger partial charge in [0.05, 0.1) is 23.4 Å². The number of hydrogen-bond acceptors (Lipinski definition) is 5. The number of nitrogens with zero attached hydrogens (tertiary/aromatic N) is 1. The van der Waals surface area contributed by atoms with E-state index in [1.807, 2.05) is 26.0 Å². The number of benzene rings is 3. The maximum Gasteiger partial charge on any atom is 0.315 e. The van der Waals surface area contributed by atoms with Gasteiger partial charge in [0.2, 0.25) is 5.91 Å². The van der Waals surface area contributed by atoms with Crippen LogP contribution in [-0.2, 0) is 20.9 Å². The molecule has 0 bridgehead atoms. The first-order valence-electron chi connectivity index (χ1n) is 11.8. The highest BCUT2D eigenvalue weighted by Gasteiger charge is 2.18. The molecule has 0 spiro atoms. The third-order valence-corrected chi connectivity index (χ3v) is 6.10. The number of phenols is 1. The summed E-state index contributed by atoms with van der Waals surface area (Å²) in [7, 11) is 0. The average Bonchev–Trinajstić information content (AvgIpc) is 3.19. The smallest absolute Gasteiger partial charge is 0.315 e. The summed E-state index contributed by atoms with van der Waals surface area (Å²) in [6.45, 7) is 6.19. The Morgan fingerprint density at radius 3 is 2.43 bits per heavy atom. The van der Waals surface area contributed by atoms with Crippen LogP contribution < -0.4 is 5.32 Å². The van der Waals surface area contributed by atoms with Crippen LogP contribution in [0.1, 0.15) is 46.1 Å². The standard InChI is InChI=1S/C29H27FN2O5/c1-4-37-27(35)15-26(34)31-24-11-5-17(2)28-22(24)13-18(3)32(28)16-19-6-12-25(33)23(14-19)29(36)20-7-9-21(30)10-8-20/h5-14,33H,4,15-16H2,1-3H3,(H,31,34). The number of amides is 1. The van der Waals surface area contributed by atoms with Crippen LogP contribution in [0.25, 0.3) is 10.9 Å². The number of carbonyl (C=O) groups excluding carboxylic acids is 3. The van der Waals surface area contributed by atoms with Gasteiger partial charge in [-0.3, -0.25) is 14.4 Å². The summed E-state index contributed by atoms with van der Waals surface area (Å²) >= 11 is 0. The molecule has 37 heavy (non-hydrogen) atoms. The number of ether oxygens (including phenoxy) is 1. The van der Waals surface area contributed by atoms with Crippen LogP contribution in [-0.4, -0.2) is 33.9 Å². The number of aryl methyl sites for hydroxylation is 2. The molecule has 0 saturated heterocycles. The van der Waals surface area contributed by atoms with Crippen LogP contribution in [0.5, 0.6) is 5.75 Å². The Morgan fingerprint density at radius 2 is 1.73 bits per heavy atom. The number of esters is 1. The molecule has 0 radical (unpaired) electrons. The third-order valence-electron chi connectivity index (χ3n) is 6.10. The number of halogens is 1. The van der Waals surface area contributed by atoms with Crippen molar-refractivity contribution >= 4 is 34.3 Å². The van der Waals surface area contributed by atoms with Crippen LogP contribution in [0.4, 0.5) is 10.1 Å². The monoisotopic (exact) mass is 502 g/mol. The van der Waals surface area contributed by atoms with E-state index < -0.39 is 23.5 Å². The fourth-order valence-corrected chi connectivity index (χ4v) is 4.34. The molecule has 1 amide bonds. The molecule has 0 aliphatic rings. The molecule has 0 saturated carbocycles. The molecule has 0 unspecified atom stereocenters. The van der Waals surface area contributed by atoms with Crippen molar-refractivity contribution in [3.05, 3.63) is 94.4 Å². The number of anilines is 1. The molecule has 8 heteroatoms. The lowest BCUT2D eigenvalue weighted by atomic mass is 10.00. The summed E-state index contributed by atoms with van der Waals surface area (Å²) < 4.78 is 20.2. The van der Waals surface area contributed by atoms with Gasteiger partial charge in [0.1, 0.15) is 18.0 Å². The van der Waals surface area contributed by atoms with Crippen LogP contribution in [0, 0.1) is 19.7 Å². The Balaban J connectivity index is 1.65. The zero-order valence-corrected chi connectivity index (χ0v) is 20.8. The van der Waals surface area contributed by atoms with Crippen LogP contribution in [0.2, 0.25) is 0 Å². The predicted octanol–water partition coefficient (Wildman–Crippen LogP) is 5.27. The van der Waals surface area contributed by atoms with E-state index in [0.717, 1.165) is 27.7 Å². The third kappa shape index (κ3) is 5.53. The molecule has 1 heterocycles. The summed E-state index contributed by atoms with van der Waals surface area (Å²) in [5, 5.41) is 14.0. The van der Waals surface area contributed by atoms with E-state index in [4.69, 9.17) is 4.74 Å². The van der Waals surface area contributed by atoms with E-state index in [0.29, 0.717) is 12.2 Å². The van der Waals surface area contributed by atoms with Gasteiger partial charge in [-0.1, -0.05) is 12.1 Å². The van der Waals surface area contributed by atoms with Gasteiger partial charge in [-0.05, 0) is 80.4 Å². The molecule has 0 aliphatic carbocycles. The number of aromatic hydroxyl groups is 1. The number of carbonyl (C=O) groups is 3. The highest BCUT2D eigenvalue weighted by atomic mass is 19.1. The highest BCUT2D eigenvalue weighted by Crippen LogP contribution is 2.31. The van der Waals surface area contributed by atoms with E-state index in [1.54, 1.807) is 25.1 Å². The zero-order chi connectivity index (χ0) is 26.7. The molecule has 4 aromatic rings. The van der Waals surface area contributed by atoms with Crippen LogP contribution >= 0.6 is 0 Å². The molecule has 7 nitrogen and oxygen atoms in total. The zero-order valence-electron chi connectivity index (χ0n) is 20.8. The fraction of sp³-hybridized carbons (Fsp3) is 0.207. The van der Waals surface area contributed by atoms with Crippen LogP contribution in [0.3, 0.4) is 0 Å². The Kier molecular flexibility index (Phi) is 7.38. The number of phenolic OH excluding ortho intramolecular Hbond substituents is 1. The summed E-state index contributed by atoms with van der Waals surface area (Å²) in [5.74, 6) is -2.06. The minimum absolute atomic E-state index is 0.127. The minimum Gasteiger partial charge on any atom is -0.507 e. The number of fused-ring (bicyclic) bond motifs is 1. The number of hydrogen-bond donors (Lipinski definition) is 2. The van der Waals surface area contributed by atoms with E-state index in [9.17, 15) is 23.9 Å². The lowest BCUT2D eigenvalue weighted by Gasteiger charge is -2.14. The molecule has 4 rings (SSSR count). The number of nitrogens with one attached hydrogen (secondary N) is 1. The first-order chi connectivity index (χ1) is 17.7. The summed E-state index contributed by atoms with van der Waals surface area (Å²) in [6, 6.07) is 15.7. The van der Waals surface area contributed by atoms with E-state index >= 15 is 0 Å². The molecule has 1 aromatic heterocycles. The molecule has 190 valence electrons. The quantitative estimate of drug-likeness (QED) is 0.194. The van der Waals surface area contributed by atoms with Crippen LogP contribution in [0.15, 0.2) is 60.7 Å². The second-order valence-corrected chi connectivity index (χ2v) is 8.78. The van der Waals surface area contributed by atoms with Gasteiger partial charge in [0.25, 0.3) is 0 Å². The van der Waals surface area contributed by atoms with E-state index in [2.05, 4.69) is 9.88 Å². The molecule has 3 aromatic carbocycles. The largest absolute Gasteiger partial charge is 0.507 e. The van der Waals surface area contributed by atoms with Crippen molar-refractivity contribution in [2.45, 2.75) is 33.7 Å². The molecule has 0 atom stereocenters. The highest BCUT2D eigenvalue weighted by molar-refractivity contribution is 6.11. The number of rotatable bonds is 8. The molecule has 0 fully saturated rings. The summed E-state index contributed by atoms with van der Waals surface area (Å²) in [6.07, 6.45) is -0.374. The van der Waals surface area contributed by atoms with Gasteiger partial charge in [-0.2, -0.15) is 0 Å². The van der Waals surface area contributed by atoms with Crippen molar-refractivity contribution < 1.29 is 28.6 Å². The summed E-state index contributed by atoms with van der Waals surface area (Å²) in [5.41, 5.74) is 4.55. The van der Waals surface area contributed by atoms with Crippen molar-refractivity contribution in [2.75, 3.05) is 11.9 Å². The van der Waals surface area contributed by atoms with Crippen molar-refractivity contribution in [1.29, 1.82) is 0 Å². The number of aromatic nitrogens is 1. The predicted molar refractivity (Wildman–Crippen MR) is 138 cm³/mol. The van der Waals surface area contributed by atoms with Gasteiger partial charge in [0, 0.05) is 23.2 Å². The van der Waals surface area contributed by atoms with Gasteiger partial charge >= 0.3 is 5.97 Å². The maximum atomic E-state index is 13.3. The second kappa shape index (κ2) is 10.7. The van der Waals surface area contributed by atoms with E-state index in [-0.39, 0.29) is 29.9 Å². The van der Waals surface area contributed by atoms with Gasteiger partial charge in [-0.15, -0.1) is 0 Å². The average molecular weight is 503 g/mol. The lowest BCUT2D eigenvalue weighted by Crippen LogP contribution is -2.18. The SMILES string of the molecule is CCOC(=O)CC(=O)Nc1ccc(C)c2c1cc(C)n2Cc1ccc(O)c(C(=O)c2ccc(F)cc2)c1. The topological polar surface area (TPSA) is 97.6 Å². The van der Waals surface area contributed by atoms with Crippen molar-refractivity contribution in [3.8, 4) is 5.75 Å². The maximum absolute atomic E-state index is 13.3. The van der Waals surface area contributed by atoms with Crippen molar-refractivity contribution in [3.63, 3.8) is 0 Å². The molecular weight excluding hydrogens is 475 g/mol. The Hall–Kier alpha value is -4.46. The van der Waals surface area contributed by atoms with E-state index in [1.165, 1.54) is 30.3 Å². The van der Waals surface area contributed by atoms with Gasteiger partial charge < -0.3 is 19.7 Å². The fourth-order valence-electron chi connectivity index (χ4n) is 4.34. The Labute approximate surface area is 213 Å². The Bertz CT molecular complexity index is 1510. The molecular formula is C29H27FN2O5. The van der Waals surface area contributed by atoms with Gasteiger partial charge in [-0.25, -0.2) is 4.39 Å². The lowest BCUT2D eigenvalue weighted by molar-refractivity contribution is -0.145. The molecule has 2 N–H and O–H groups in total. The summed E-state index contributed by atoms with van der Waals surface area (Å²) in [4.78, 5) is 37.0. The number of ketones is 1. The van der Waals surface area contributed by atoms with Crippen molar-refractivity contribution in [1.82, 2.24) is 4.57 Å².